The number of aliphatic imine (C=N–C) groups is 1. The number of rotatable bonds is 6. The van der Waals surface area contributed by atoms with Gasteiger partial charge in [0.05, 0.1) is 11.9 Å². The van der Waals surface area contributed by atoms with Crippen molar-refractivity contribution in [1.82, 2.24) is 25.3 Å². The molecule has 0 bridgehead atoms. The molecule has 1 aromatic carbocycles. The number of piperazine rings is 1. The van der Waals surface area contributed by atoms with Gasteiger partial charge < -0.3 is 20.4 Å². The van der Waals surface area contributed by atoms with Gasteiger partial charge in [-0.1, -0.05) is 30.3 Å². The highest BCUT2D eigenvalue weighted by Crippen LogP contribution is 2.17. The van der Waals surface area contributed by atoms with Crippen LogP contribution in [0.2, 0.25) is 0 Å². The minimum Gasteiger partial charge on any atom is -0.354 e. The van der Waals surface area contributed by atoms with Gasteiger partial charge in [0, 0.05) is 51.5 Å². The van der Waals surface area contributed by atoms with Crippen LogP contribution in [-0.4, -0.2) is 65.3 Å². The van der Waals surface area contributed by atoms with Gasteiger partial charge in [-0.2, -0.15) is 5.10 Å². The number of guanidine groups is 1. The molecule has 0 aliphatic carbocycles. The zero-order valence-electron chi connectivity index (χ0n) is 18.6. The monoisotopic (exact) mass is 411 g/mol. The number of hydrogen-bond acceptors (Lipinski definition) is 4. The quantitative estimate of drug-likeness (QED) is 0.560. The molecule has 1 aliphatic heterocycles. The van der Waals surface area contributed by atoms with Gasteiger partial charge >= 0.3 is 0 Å². The zero-order chi connectivity index (χ0) is 21.7. The average Bonchev–Trinajstić information content (AvgIpc) is 3.15. The minimum atomic E-state index is -0.160. The molecule has 30 heavy (non-hydrogen) atoms. The predicted octanol–water partition coefficient (Wildman–Crippen LogP) is 1.77. The fraction of sp³-hybridized carbons (Fsp3) is 0.500. The molecular weight excluding hydrogens is 378 g/mol. The van der Waals surface area contributed by atoms with Crippen molar-refractivity contribution in [2.24, 2.45) is 12.0 Å². The molecule has 0 radical (unpaired) electrons. The molecule has 1 unspecified atom stereocenters. The topological polar surface area (TPSA) is 77.8 Å². The first-order chi connectivity index (χ1) is 14.3. The molecular formula is C22H33N7O. The van der Waals surface area contributed by atoms with Crippen LogP contribution in [0.4, 0.5) is 5.69 Å². The molecule has 1 amide bonds. The number of benzene rings is 1. The Kier molecular flexibility index (Phi) is 6.77. The van der Waals surface area contributed by atoms with Crippen LogP contribution in [0.5, 0.6) is 0 Å². The average molecular weight is 412 g/mol. The maximum absolute atomic E-state index is 12.7. The lowest BCUT2D eigenvalue weighted by molar-refractivity contribution is -0.120. The van der Waals surface area contributed by atoms with E-state index in [1.54, 1.807) is 22.8 Å². The summed E-state index contributed by atoms with van der Waals surface area (Å²) in [6.07, 6.45) is 3.59. The number of nitrogens with zero attached hydrogens (tertiary/aromatic N) is 5. The first-order valence-corrected chi connectivity index (χ1v) is 10.4. The van der Waals surface area contributed by atoms with Crippen LogP contribution in [-0.2, 0) is 11.8 Å². The van der Waals surface area contributed by atoms with Gasteiger partial charge in [-0.15, -0.1) is 0 Å². The Morgan fingerprint density at radius 2 is 2.00 bits per heavy atom. The van der Waals surface area contributed by atoms with E-state index in [4.69, 9.17) is 0 Å². The lowest BCUT2D eigenvalue weighted by Crippen LogP contribution is -2.58. The van der Waals surface area contributed by atoms with Gasteiger partial charge in [0.25, 0.3) is 0 Å². The third-order valence-corrected chi connectivity index (χ3v) is 5.33. The maximum Gasteiger partial charge on any atom is 0.246 e. The van der Waals surface area contributed by atoms with Gasteiger partial charge in [-0.25, -0.2) is 0 Å². The van der Waals surface area contributed by atoms with Crippen LogP contribution in [0.1, 0.15) is 32.4 Å². The molecule has 0 saturated carbocycles. The number of carbonyl (C=O) groups is 1. The molecule has 2 N–H and O–H groups in total. The van der Waals surface area contributed by atoms with E-state index < -0.39 is 0 Å². The molecule has 1 aromatic heterocycles. The van der Waals surface area contributed by atoms with Crippen LogP contribution in [0.3, 0.4) is 0 Å². The highest BCUT2D eigenvalue weighted by atomic mass is 16.2. The molecule has 3 rings (SSSR count). The number of aryl methyl sites for hydroxylation is 1. The molecule has 8 nitrogen and oxygen atoms in total. The normalized spacial score (nSPS) is 16.7. The standard InChI is InChI=1S/C22H33N7O/c1-17(18-9-7-6-8-10-18)26-22(2,3)16-24-21(23-4)28-11-12-29(20(30)15-28)19-13-25-27(5)14-19/h6-10,13-14,17,26H,11-12,15-16H2,1-5H3,(H,23,24). The fourth-order valence-corrected chi connectivity index (χ4v) is 3.77. The number of aromatic nitrogens is 2. The van der Waals surface area contributed by atoms with E-state index >= 15 is 0 Å². The second-order valence-electron chi connectivity index (χ2n) is 8.40. The third kappa shape index (κ3) is 5.38. The molecule has 1 aliphatic rings. The Morgan fingerprint density at radius 3 is 2.60 bits per heavy atom. The Balaban J connectivity index is 1.54. The van der Waals surface area contributed by atoms with Crippen molar-refractivity contribution in [1.29, 1.82) is 0 Å². The van der Waals surface area contributed by atoms with Gasteiger partial charge in [0.15, 0.2) is 5.96 Å². The molecule has 0 spiro atoms. The van der Waals surface area contributed by atoms with Gasteiger partial charge in [-0.05, 0) is 26.3 Å². The van der Waals surface area contributed by atoms with Crippen molar-refractivity contribution in [2.75, 3.05) is 38.1 Å². The van der Waals surface area contributed by atoms with E-state index in [0.29, 0.717) is 26.2 Å². The molecule has 162 valence electrons. The summed E-state index contributed by atoms with van der Waals surface area (Å²) in [6, 6.07) is 10.6. The summed E-state index contributed by atoms with van der Waals surface area (Å²) < 4.78 is 1.71. The minimum absolute atomic E-state index is 0.0484. The van der Waals surface area contributed by atoms with Gasteiger partial charge in [0.1, 0.15) is 6.54 Å². The third-order valence-electron chi connectivity index (χ3n) is 5.33. The maximum atomic E-state index is 12.7. The number of nitrogens with one attached hydrogen (secondary N) is 2. The summed E-state index contributed by atoms with van der Waals surface area (Å²) in [5.74, 6) is 0.795. The summed E-state index contributed by atoms with van der Waals surface area (Å²) in [4.78, 5) is 20.9. The predicted molar refractivity (Wildman–Crippen MR) is 121 cm³/mol. The Hall–Kier alpha value is -2.87. The lowest BCUT2D eigenvalue weighted by atomic mass is 10.0. The van der Waals surface area contributed by atoms with E-state index in [0.717, 1.165) is 11.6 Å². The smallest absolute Gasteiger partial charge is 0.246 e. The first kappa shape index (κ1) is 21.8. The fourth-order valence-electron chi connectivity index (χ4n) is 3.77. The first-order valence-electron chi connectivity index (χ1n) is 10.4. The number of hydrogen-bond donors (Lipinski definition) is 2. The molecule has 1 atom stereocenters. The van der Waals surface area contributed by atoms with Crippen molar-refractivity contribution < 1.29 is 4.79 Å². The second kappa shape index (κ2) is 9.30. The van der Waals surface area contributed by atoms with Crippen molar-refractivity contribution in [3.63, 3.8) is 0 Å². The molecule has 1 fully saturated rings. The van der Waals surface area contributed by atoms with Crippen LogP contribution in [0.15, 0.2) is 47.7 Å². The summed E-state index contributed by atoms with van der Waals surface area (Å²) >= 11 is 0. The van der Waals surface area contributed by atoms with E-state index in [1.165, 1.54) is 5.56 Å². The lowest BCUT2D eigenvalue weighted by Gasteiger charge is -2.37. The summed E-state index contributed by atoms with van der Waals surface area (Å²) in [6.45, 7) is 8.81. The molecule has 2 heterocycles. The van der Waals surface area contributed by atoms with Crippen LogP contribution in [0.25, 0.3) is 0 Å². The number of amides is 1. The van der Waals surface area contributed by atoms with Crippen molar-refractivity contribution in [3.8, 4) is 0 Å². The number of carbonyl (C=O) groups excluding carboxylic acids is 1. The van der Waals surface area contributed by atoms with Crippen molar-refractivity contribution in [2.45, 2.75) is 32.4 Å². The largest absolute Gasteiger partial charge is 0.354 e. The Labute approximate surface area is 179 Å². The highest BCUT2D eigenvalue weighted by molar-refractivity contribution is 5.98. The second-order valence-corrected chi connectivity index (χ2v) is 8.40. The van der Waals surface area contributed by atoms with E-state index in [2.05, 4.69) is 65.8 Å². The zero-order valence-corrected chi connectivity index (χ0v) is 18.6. The van der Waals surface area contributed by atoms with Crippen molar-refractivity contribution >= 4 is 17.6 Å². The van der Waals surface area contributed by atoms with E-state index in [1.807, 2.05) is 24.2 Å². The van der Waals surface area contributed by atoms with Crippen LogP contribution in [0, 0.1) is 0 Å². The Bertz CT molecular complexity index is 875. The van der Waals surface area contributed by atoms with Crippen LogP contribution >= 0.6 is 0 Å². The summed E-state index contributed by atoms with van der Waals surface area (Å²) in [5, 5.41) is 11.3. The van der Waals surface area contributed by atoms with Gasteiger partial charge in [-0.3, -0.25) is 14.5 Å². The SMILES string of the molecule is CN=C(NCC(C)(C)NC(C)c1ccccc1)N1CCN(c2cnn(C)c2)C(=O)C1. The number of anilines is 1. The molecule has 1 saturated heterocycles. The Morgan fingerprint density at radius 1 is 1.27 bits per heavy atom. The molecule has 8 heteroatoms. The summed E-state index contributed by atoms with van der Waals surface area (Å²) in [7, 11) is 3.61. The summed E-state index contributed by atoms with van der Waals surface area (Å²) in [5.41, 5.74) is 1.93. The molecule has 2 aromatic rings. The van der Waals surface area contributed by atoms with Gasteiger partial charge in [0.2, 0.25) is 5.91 Å². The van der Waals surface area contributed by atoms with Crippen molar-refractivity contribution in [3.05, 3.63) is 48.3 Å². The highest BCUT2D eigenvalue weighted by Gasteiger charge is 2.29. The van der Waals surface area contributed by atoms with E-state index in [9.17, 15) is 4.79 Å². The van der Waals surface area contributed by atoms with Crippen LogP contribution < -0.4 is 15.5 Å². The van der Waals surface area contributed by atoms with E-state index in [-0.39, 0.29) is 17.5 Å².